The van der Waals surface area contributed by atoms with Crippen LogP contribution in [0.1, 0.15) is 47.7 Å². The molecule has 1 aliphatic carbocycles. The van der Waals surface area contributed by atoms with Gasteiger partial charge in [-0.3, -0.25) is 4.79 Å². The van der Waals surface area contributed by atoms with E-state index in [1.54, 1.807) is 24.4 Å². The third kappa shape index (κ3) is 4.04. The summed E-state index contributed by atoms with van der Waals surface area (Å²) in [6.45, 7) is 0.899. The Hall–Kier alpha value is -3.23. The molecule has 9 heteroatoms. The summed E-state index contributed by atoms with van der Waals surface area (Å²) in [4.78, 5) is 24.4. The summed E-state index contributed by atoms with van der Waals surface area (Å²) >= 11 is 0. The van der Waals surface area contributed by atoms with E-state index in [-0.39, 0.29) is 30.8 Å². The average Bonchev–Trinajstić information content (AvgIpc) is 3.11. The van der Waals surface area contributed by atoms with Crippen molar-refractivity contribution in [2.24, 2.45) is 5.92 Å². The van der Waals surface area contributed by atoms with E-state index >= 15 is 0 Å². The Bertz CT molecular complexity index is 1110. The second-order valence-corrected chi connectivity index (χ2v) is 8.19. The zero-order chi connectivity index (χ0) is 21.4. The van der Waals surface area contributed by atoms with Gasteiger partial charge < -0.3 is 20.4 Å². The maximum absolute atomic E-state index is 13.3. The normalized spacial score (nSPS) is 21.1. The second kappa shape index (κ2) is 7.79. The Labute approximate surface area is 177 Å². The van der Waals surface area contributed by atoms with Crippen LogP contribution in [-0.2, 0) is 0 Å². The average molecular weight is 427 g/mol. The van der Waals surface area contributed by atoms with E-state index in [2.05, 4.69) is 25.6 Å². The molecule has 2 aliphatic rings. The van der Waals surface area contributed by atoms with E-state index in [0.717, 1.165) is 10.9 Å². The van der Waals surface area contributed by atoms with Crippen molar-refractivity contribution in [2.45, 2.75) is 37.7 Å². The highest BCUT2D eigenvalue weighted by Crippen LogP contribution is 2.36. The SMILES string of the molecule is O=C1NCC(c2c[nH]c3nc(NCC4CCC(F)(F)CC4)ncc23)Oc2ccccc21. The van der Waals surface area contributed by atoms with E-state index in [4.69, 9.17) is 4.74 Å². The summed E-state index contributed by atoms with van der Waals surface area (Å²) in [7, 11) is 0. The fourth-order valence-corrected chi connectivity index (χ4v) is 4.22. The van der Waals surface area contributed by atoms with Gasteiger partial charge in [-0.05, 0) is 30.9 Å². The number of alkyl halides is 2. The quantitative estimate of drug-likeness (QED) is 0.584. The second-order valence-electron chi connectivity index (χ2n) is 8.19. The van der Waals surface area contributed by atoms with Crippen LogP contribution in [0.2, 0.25) is 0 Å². The van der Waals surface area contributed by atoms with Gasteiger partial charge >= 0.3 is 0 Å². The molecule has 7 nitrogen and oxygen atoms in total. The van der Waals surface area contributed by atoms with Gasteiger partial charge in [-0.15, -0.1) is 0 Å². The highest BCUT2D eigenvalue weighted by Gasteiger charge is 2.34. The predicted octanol–water partition coefficient (Wildman–Crippen LogP) is 4.06. The third-order valence-electron chi connectivity index (χ3n) is 6.05. The molecule has 1 saturated carbocycles. The molecule has 0 bridgehead atoms. The lowest BCUT2D eigenvalue weighted by Gasteiger charge is -2.28. The number of rotatable bonds is 4. The summed E-state index contributed by atoms with van der Waals surface area (Å²) in [5, 5.41) is 6.88. The molecule has 1 fully saturated rings. The highest BCUT2D eigenvalue weighted by atomic mass is 19.3. The largest absolute Gasteiger partial charge is 0.483 e. The number of hydrogen-bond donors (Lipinski definition) is 3. The summed E-state index contributed by atoms with van der Waals surface area (Å²) in [6, 6.07) is 7.14. The lowest BCUT2D eigenvalue weighted by atomic mass is 9.87. The number of nitrogens with zero attached hydrogens (tertiary/aromatic N) is 2. The number of halogens is 2. The molecule has 162 valence electrons. The molecule has 1 atom stereocenters. The molecule has 1 aliphatic heterocycles. The number of amides is 1. The van der Waals surface area contributed by atoms with Crippen LogP contribution in [0.15, 0.2) is 36.7 Å². The molecule has 31 heavy (non-hydrogen) atoms. The van der Waals surface area contributed by atoms with Crippen molar-refractivity contribution in [3.8, 4) is 5.75 Å². The number of aromatic amines is 1. The van der Waals surface area contributed by atoms with Crippen molar-refractivity contribution in [1.82, 2.24) is 20.3 Å². The first kappa shape index (κ1) is 19.7. The number of hydrogen-bond acceptors (Lipinski definition) is 5. The third-order valence-corrected chi connectivity index (χ3v) is 6.05. The van der Waals surface area contributed by atoms with Crippen LogP contribution in [-0.4, -0.2) is 39.9 Å². The molecule has 1 amide bonds. The number of fused-ring (bicyclic) bond motifs is 2. The number of aromatic nitrogens is 3. The number of ether oxygens (including phenoxy) is 1. The first-order valence-electron chi connectivity index (χ1n) is 10.5. The molecule has 0 saturated heterocycles. The van der Waals surface area contributed by atoms with Gasteiger partial charge in [0.05, 0.1) is 12.1 Å². The van der Waals surface area contributed by atoms with E-state index in [1.165, 1.54) is 0 Å². The fraction of sp³-hybridized carbons (Fsp3) is 0.409. The van der Waals surface area contributed by atoms with E-state index in [0.29, 0.717) is 48.8 Å². The Balaban J connectivity index is 1.30. The first-order chi connectivity index (χ1) is 15.0. The van der Waals surface area contributed by atoms with Gasteiger partial charge in [0.2, 0.25) is 11.9 Å². The zero-order valence-corrected chi connectivity index (χ0v) is 16.8. The van der Waals surface area contributed by atoms with Crippen LogP contribution in [0.25, 0.3) is 11.0 Å². The summed E-state index contributed by atoms with van der Waals surface area (Å²) in [5.41, 5.74) is 2.01. The number of para-hydroxylation sites is 1. The minimum absolute atomic E-state index is 0.0553. The van der Waals surface area contributed by atoms with Gasteiger partial charge in [0, 0.05) is 42.7 Å². The molecule has 5 rings (SSSR count). The molecule has 2 aromatic heterocycles. The van der Waals surface area contributed by atoms with Gasteiger partial charge in [0.1, 0.15) is 17.5 Å². The molecule has 1 unspecified atom stereocenters. The van der Waals surface area contributed by atoms with Crippen molar-refractivity contribution in [3.63, 3.8) is 0 Å². The smallest absolute Gasteiger partial charge is 0.255 e. The maximum Gasteiger partial charge on any atom is 0.255 e. The molecule has 3 aromatic rings. The topological polar surface area (TPSA) is 91.9 Å². The van der Waals surface area contributed by atoms with Gasteiger partial charge in [0.25, 0.3) is 5.91 Å². The van der Waals surface area contributed by atoms with Crippen LogP contribution in [0, 0.1) is 5.92 Å². The number of benzene rings is 1. The van der Waals surface area contributed by atoms with E-state index in [9.17, 15) is 13.6 Å². The fourth-order valence-electron chi connectivity index (χ4n) is 4.22. The summed E-state index contributed by atoms with van der Waals surface area (Å²) < 4.78 is 32.8. The molecule has 0 spiro atoms. The van der Waals surface area contributed by atoms with Crippen molar-refractivity contribution in [3.05, 3.63) is 47.8 Å². The predicted molar refractivity (Wildman–Crippen MR) is 111 cm³/mol. The first-order valence-corrected chi connectivity index (χ1v) is 10.5. The molecule has 1 aromatic carbocycles. The number of carbonyl (C=O) groups is 1. The molecule has 0 radical (unpaired) electrons. The van der Waals surface area contributed by atoms with E-state index in [1.807, 2.05) is 12.3 Å². The van der Waals surface area contributed by atoms with Crippen molar-refractivity contribution >= 4 is 22.9 Å². The Kier molecular flexibility index (Phi) is 4.95. The minimum Gasteiger partial charge on any atom is -0.483 e. The zero-order valence-electron chi connectivity index (χ0n) is 16.8. The summed E-state index contributed by atoms with van der Waals surface area (Å²) in [6.07, 6.45) is 4.04. The Morgan fingerprint density at radius 1 is 1.23 bits per heavy atom. The number of anilines is 1. The maximum atomic E-state index is 13.3. The number of carbonyl (C=O) groups excluding carboxylic acids is 1. The van der Waals surface area contributed by atoms with Crippen LogP contribution < -0.4 is 15.4 Å². The van der Waals surface area contributed by atoms with Crippen molar-refractivity contribution in [2.75, 3.05) is 18.4 Å². The van der Waals surface area contributed by atoms with E-state index < -0.39 is 5.92 Å². The van der Waals surface area contributed by atoms with Crippen molar-refractivity contribution in [1.29, 1.82) is 0 Å². The van der Waals surface area contributed by atoms with Gasteiger partial charge in [-0.25, -0.2) is 13.8 Å². The van der Waals surface area contributed by atoms with Crippen LogP contribution in [0.5, 0.6) is 5.75 Å². The monoisotopic (exact) mass is 427 g/mol. The molecule has 3 heterocycles. The van der Waals surface area contributed by atoms with Crippen LogP contribution in [0.4, 0.5) is 14.7 Å². The highest BCUT2D eigenvalue weighted by molar-refractivity contribution is 5.97. The summed E-state index contributed by atoms with van der Waals surface area (Å²) in [5.74, 6) is -1.50. The minimum atomic E-state index is -2.52. The Morgan fingerprint density at radius 3 is 2.87 bits per heavy atom. The van der Waals surface area contributed by atoms with Gasteiger partial charge in [-0.2, -0.15) is 4.98 Å². The molecular formula is C22H23F2N5O2. The number of nitrogens with one attached hydrogen (secondary N) is 3. The number of H-pyrrole nitrogens is 1. The van der Waals surface area contributed by atoms with Crippen LogP contribution in [0.3, 0.4) is 0 Å². The lowest BCUT2D eigenvalue weighted by molar-refractivity contribution is -0.0443. The Morgan fingerprint density at radius 2 is 2.03 bits per heavy atom. The molecular weight excluding hydrogens is 404 g/mol. The molecule has 3 N–H and O–H groups in total. The van der Waals surface area contributed by atoms with Crippen molar-refractivity contribution < 1.29 is 18.3 Å². The lowest BCUT2D eigenvalue weighted by Crippen LogP contribution is -2.28. The standard InChI is InChI=1S/C22H23F2N5O2/c23-22(24)7-5-13(6-8-22)9-27-21-28-11-16-15(10-25-19(16)29-21)18-12-26-20(30)14-3-1-2-4-17(14)31-18/h1-4,10-11,13,18H,5-9,12H2,(H,26,30)(H2,25,27,28,29). The van der Waals surface area contributed by atoms with Gasteiger partial charge in [-0.1, -0.05) is 12.1 Å². The van der Waals surface area contributed by atoms with Crippen LogP contribution >= 0.6 is 0 Å². The van der Waals surface area contributed by atoms with Gasteiger partial charge in [0.15, 0.2) is 0 Å².